The van der Waals surface area contributed by atoms with Crippen molar-refractivity contribution >= 4 is 24.3 Å². The number of morpholine rings is 1. The molecule has 194 valence electrons. The topological polar surface area (TPSA) is 88.5 Å². The molecule has 2 aromatic rings. The molecule has 1 fully saturated rings. The van der Waals surface area contributed by atoms with Crippen molar-refractivity contribution in [1.82, 2.24) is 25.1 Å². The van der Waals surface area contributed by atoms with Crippen LogP contribution >= 0.6 is 0 Å². The van der Waals surface area contributed by atoms with Gasteiger partial charge in [-0.05, 0) is 49.1 Å². The minimum atomic E-state index is -0.509. The zero-order valence-corrected chi connectivity index (χ0v) is 21.5. The maximum absolute atomic E-state index is 13.5. The third kappa shape index (κ3) is 7.60. The Morgan fingerprint density at radius 1 is 1.31 bits per heavy atom. The van der Waals surface area contributed by atoms with Crippen LogP contribution in [0.1, 0.15) is 50.1 Å². The highest BCUT2D eigenvalue weighted by molar-refractivity contribution is 6.01. The Hall–Kier alpha value is -3.30. The van der Waals surface area contributed by atoms with E-state index < -0.39 is 11.7 Å². The second kappa shape index (κ2) is 13.1. The number of carbonyl (C=O) groups excluding carboxylic acids is 2. The van der Waals surface area contributed by atoms with E-state index in [1.807, 2.05) is 0 Å². The van der Waals surface area contributed by atoms with Gasteiger partial charge in [-0.1, -0.05) is 26.0 Å². The summed E-state index contributed by atoms with van der Waals surface area (Å²) in [6.45, 7) is 10.7. The molecule has 2 N–H and O–H groups in total. The molecule has 0 aliphatic carbocycles. The van der Waals surface area contributed by atoms with Gasteiger partial charge in [0.15, 0.2) is 6.29 Å². The minimum Gasteiger partial charge on any atom is -0.384 e. The molecule has 0 unspecified atom stereocenters. The van der Waals surface area contributed by atoms with Crippen LogP contribution in [0.15, 0.2) is 42.0 Å². The van der Waals surface area contributed by atoms with Crippen LogP contribution in [0, 0.1) is 5.82 Å². The number of amides is 1. The molecule has 1 aromatic heterocycles. The van der Waals surface area contributed by atoms with Crippen molar-refractivity contribution in [1.29, 1.82) is 0 Å². The maximum Gasteiger partial charge on any atom is 0.271 e. The van der Waals surface area contributed by atoms with Gasteiger partial charge in [0.2, 0.25) is 0 Å². The molecule has 1 aliphatic heterocycles. The predicted octanol–water partition coefficient (Wildman–Crippen LogP) is 3.17. The standard InChI is InChI=1S/C27H36FN5O3/c1-19(2)26-24(30-18-33(26)10-6-9-32-11-12-36-20(3)16-32)15-23(17-34)31-27(35)25(29-4)14-21-7-5-8-22(28)13-21/h5,7-8,13-15,17-20,29H,6,9-12,16H2,1-4H3,(H,31,35)/b23-15-,25-14-/t20-/m0/s1. The van der Waals surface area contributed by atoms with E-state index >= 15 is 0 Å². The van der Waals surface area contributed by atoms with Crippen LogP contribution in [0.25, 0.3) is 12.2 Å². The molecule has 0 radical (unpaired) electrons. The summed E-state index contributed by atoms with van der Waals surface area (Å²) >= 11 is 0. The summed E-state index contributed by atoms with van der Waals surface area (Å²) in [4.78, 5) is 31.5. The molecule has 1 aromatic carbocycles. The minimum absolute atomic E-state index is 0.0925. The number of carbonyl (C=O) groups is 2. The van der Waals surface area contributed by atoms with Gasteiger partial charge in [0.25, 0.3) is 5.91 Å². The molecule has 9 heteroatoms. The van der Waals surface area contributed by atoms with Crippen LogP contribution in [-0.2, 0) is 20.9 Å². The third-order valence-corrected chi connectivity index (χ3v) is 6.00. The number of nitrogens with zero attached hydrogens (tertiary/aromatic N) is 3. The van der Waals surface area contributed by atoms with Gasteiger partial charge in [-0.15, -0.1) is 0 Å². The van der Waals surface area contributed by atoms with E-state index in [1.165, 1.54) is 18.2 Å². The van der Waals surface area contributed by atoms with Gasteiger partial charge in [0.05, 0.1) is 30.4 Å². The van der Waals surface area contributed by atoms with Gasteiger partial charge in [-0.3, -0.25) is 14.5 Å². The van der Waals surface area contributed by atoms with E-state index in [2.05, 4.69) is 45.9 Å². The van der Waals surface area contributed by atoms with Gasteiger partial charge in [0, 0.05) is 38.9 Å². The number of aryl methyl sites for hydroxylation is 1. The first-order valence-corrected chi connectivity index (χ1v) is 12.3. The number of nitrogens with one attached hydrogen (secondary N) is 2. The van der Waals surface area contributed by atoms with Gasteiger partial charge >= 0.3 is 0 Å². The Morgan fingerprint density at radius 3 is 2.78 bits per heavy atom. The molecule has 1 aliphatic rings. The molecule has 3 rings (SSSR count). The lowest BCUT2D eigenvalue weighted by atomic mass is 10.1. The molecule has 2 heterocycles. The van der Waals surface area contributed by atoms with E-state index in [9.17, 15) is 14.0 Å². The zero-order valence-electron chi connectivity index (χ0n) is 21.5. The number of aromatic nitrogens is 2. The van der Waals surface area contributed by atoms with Crippen molar-refractivity contribution in [2.75, 3.05) is 33.3 Å². The lowest BCUT2D eigenvalue weighted by Crippen LogP contribution is -2.41. The molecule has 0 bridgehead atoms. The number of halogens is 1. The number of allylic oxidation sites excluding steroid dienone is 1. The van der Waals surface area contributed by atoms with Crippen molar-refractivity contribution in [2.45, 2.75) is 45.8 Å². The highest BCUT2D eigenvalue weighted by Gasteiger charge is 2.18. The highest BCUT2D eigenvalue weighted by atomic mass is 19.1. The van der Waals surface area contributed by atoms with Crippen LogP contribution in [0.2, 0.25) is 0 Å². The first-order valence-electron chi connectivity index (χ1n) is 12.3. The number of benzene rings is 1. The van der Waals surface area contributed by atoms with Crippen LogP contribution < -0.4 is 10.6 Å². The second-order valence-electron chi connectivity index (χ2n) is 9.23. The van der Waals surface area contributed by atoms with Gasteiger partial charge in [0.1, 0.15) is 11.5 Å². The van der Waals surface area contributed by atoms with Crippen molar-refractivity contribution in [3.63, 3.8) is 0 Å². The summed E-state index contributed by atoms with van der Waals surface area (Å²) in [5, 5.41) is 5.43. The molecule has 36 heavy (non-hydrogen) atoms. The zero-order chi connectivity index (χ0) is 26.1. The number of imidazole rings is 1. The number of hydrogen-bond acceptors (Lipinski definition) is 6. The normalized spacial score (nSPS) is 17.3. The van der Waals surface area contributed by atoms with E-state index in [-0.39, 0.29) is 23.4 Å². The summed E-state index contributed by atoms with van der Waals surface area (Å²) < 4.78 is 21.2. The van der Waals surface area contributed by atoms with E-state index in [1.54, 1.807) is 31.6 Å². The number of rotatable bonds is 11. The fourth-order valence-corrected chi connectivity index (χ4v) is 4.34. The van der Waals surface area contributed by atoms with E-state index in [4.69, 9.17) is 4.74 Å². The summed E-state index contributed by atoms with van der Waals surface area (Å²) in [6, 6.07) is 5.90. The highest BCUT2D eigenvalue weighted by Crippen LogP contribution is 2.21. The average molecular weight is 498 g/mol. The third-order valence-electron chi connectivity index (χ3n) is 6.00. The Balaban J connectivity index is 1.71. The lowest BCUT2D eigenvalue weighted by molar-refractivity contribution is -0.118. The Bertz CT molecular complexity index is 1110. The summed E-state index contributed by atoms with van der Waals surface area (Å²) in [5.74, 6) is -0.735. The van der Waals surface area contributed by atoms with Crippen LogP contribution in [0.4, 0.5) is 4.39 Å². The molecular formula is C27H36FN5O3. The van der Waals surface area contributed by atoms with E-state index in [0.29, 0.717) is 17.5 Å². The molecular weight excluding hydrogens is 461 g/mol. The molecule has 1 amide bonds. The van der Waals surface area contributed by atoms with Crippen molar-refractivity contribution in [3.05, 3.63) is 64.8 Å². The first kappa shape index (κ1) is 27.3. The van der Waals surface area contributed by atoms with Gasteiger partial charge in [-0.2, -0.15) is 0 Å². The summed E-state index contributed by atoms with van der Waals surface area (Å²) in [6.07, 6.45) is 6.73. The van der Waals surface area contributed by atoms with Crippen LogP contribution in [0.5, 0.6) is 0 Å². The second-order valence-corrected chi connectivity index (χ2v) is 9.23. The number of ether oxygens (including phenoxy) is 1. The monoisotopic (exact) mass is 497 g/mol. The molecule has 0 spiro atoms. The summed E-state index contributed by atoms with van der Waals surface area (Å²) in [7, 11) is 1.59. The van der Waals surface area contributed by atoms with E-state index in [0.717, 1.165) is 44.9 Å². The fraction of sp³-hybridized carbons (Fsp3) is 0.444. The summed E-state index contributed by atoms with van der Waals surface area (Å²) in [5.41, 5.74) is 2.46. The SMILES string of the molecule is CN/C(=C\c1cccc(F)c1)C(=O)N/C(C=O)=C\c1ncn(CCCN2CCO[C@@H](C)C2)c1C(C)C. The fourth-order valence-electron chi connectivity index (χ4n) is 4.34. The van der Waals surface area contributed by atoms with Gasteiger partial charge < -0.3 is 19.9 Å². The first-order chi connectivity index (χ1) is 17.3. The van der Waals surface area contributed by atoms with Crippen molar-refractivity contribution in [2.24, 2.45) is 0 Å². The van der Waals surface area contributed by atoms with Crippen LogP contribution in [0.3, 0.4) is 0 Å². The Labute approximate surface area is 212 Å². The number of aldehydes is 1. The number of hydrogen-bond donors (Lipinski definition) is 2. The predicted molar refractivity (Wildman–Crippen MR) is 138 cm³/mol. The molecule has 8 nitrogen and oxygen atoms in total. The lowest BCUT2D eigenvalue weighted by Gasteiger charge is -2.31. The average Bonchev–Trinajstić information content (AvgIpc) is 3.24. The molecule has 1 saturated heterocycles. The van der Waals surface area contributed by atoms with Crippen molar-refractivity contribution < 1.29 is 18.7 Å². The van der Waals surface area contributed by atoms with Gasteiger partial charge in [-0.25, -0.2) is 9.37 Å². The number of likely N-dealkylation sites (N-methyl/N-ethyl adjacent to an activating group) is 1. The quantitative estimate of drug-likeness (QED) is 0.366. The molecule has 1 atom stereocenters. The molecule has 0 saturated carbocycles. The maximum atomic E-state index is 13.5. The Kier molecular flexibility index (Phi) is 9.95. The van der Waals surface area contributed by atoms with Crippen LogP contribution in [-0.4, -0.2) is 66.0 Å². The Morgan fingerprint density at radius 2 is 2.11 bits per heavy atom. The smallest absolute Gasteiger partial charge is 0.271 e. The largest absolute Gasteiger partial charge is 0.384 e. The van der Waals surface area contributed by atoms with Crippen molar-refractivity contribution in [3.8, 4) is 0 Å².